The van der Waals surface area contributed by atoms with Crippen molar-refractivity contribution in [3.8, 4) is 17.1 Å². The Morgan fingerprint density at radius 2 is 1.70 bits per heavy atom. The van der Waals surface area contributed by atoms with Gasteiger partial charge in [-0.05, 0) is 42.8 Å². The van der Waals surface area contributed by atoms with Gasteiger partial charge in [-0.2, -0.15) is 0 Å². The molecule has 0 N–H and O–H groups in total. The number of aryl methyl sites for hydroxylation is 1. The highest BCUT2D eigenvalue weighted by Crippen LogP contribution is 2.29. The molecule has 2 nitrogen and oxygen atoms in total. The Hall–Kier alpha value is -2.94. The molecule has 4 aromatic rings. The minimum atomic E-state index is -0.254. The van der Waals surface area contributed by atoms with E-state index in [0.29, 0.717) is 0 Å². The fourth-order valence-corrected chi connectivity index (χ4v) is 2.84. The zero-order valence-corrected chi connectivity index (χ0v) is 12.7. The molecular formula is C20H15FN2. The van der Waals surface area contributed by atoms with Crippen molar-refractivity contribution in [2.75, 3.05) is 0 Å². The van der Waals surface area contributed by atoms with E-state index < -0.39 is 0 Å². The maximum Gasteiger partial charge on any atom is 0.145 e. The topological polar surface area (TPSA) is 17.8 Å². The summed E-state index contributed by atoms with van der Waals surface area (Å²) in [5.41, 5.74) is 4.81. The molecule has 0 radical (unpaired) electrons. The molecule has 0 atom stereocenters. The summed E-state index contributed by atoms with van der Waals surface area (Å²) in [6.45, 7) is 2.05. The van der Waals surface area contributed by atoms with Gasteiger partial charge in [0.1, 0.15) is 11.6 Å². The number of imidazole rings is 1. The second-order valence-corrected chi connectivity index (χ2v) is 5.61. The van der Waals surface area contributed by atoms with Gasteiger partial charge in [-0.3, -0.25) is 4.57 Å². The zero-order valence-electron chi connectivity index (χ0n) is 12.7. The Labute approximate surface area is 133 Å². The van der Waals surface area contributed by atoms with Crippen molar-refractivity contribution < 1.29 is 4.39 Å². The summed E-state index contributed by atoms with van der Waals surface area (Å²) < 4.78 is 15.8. The summed E-state index contributed by atoms with van der Waals surface area (Å²) in [6, 6.07) is 22.7. The van der Waals surface area contributed by atoms with Crippen LogP contribution >= 0.6 is 0 Å². The molecule has 0 fully saturated rings. The van der Waals surface area contributed by atoms with Gasteiger partial charge in [0.2, 0.25) is 0 Å². The number of hydrogen-bond acceptors (Lipinski definition) is 1. The normalized spacial score (nSPS) is 11.0. The van der Waals surface area contributed by atoms with Gasteiger partial charge in [-0.1, -0.05) is 42.5 Å². The van der Waals surface area contributed by atoms with E-state index >= 15 is 0 Å². The van der Waals surface area contributed by atoms with Crippen LogP contribution in [0.25, 0.3) is 28.1 Å². The lowest BCUT2D eigenvalue weighted by Gasteiger charge is -2.10. The van der Waals surface area contributed by atoms with E-state index in [1.807, 2.05) is 60.0 Å². The first-order valence-corrected chi connectivity index (χ1v) is 7.53. The highest BCUT2D eigenvalue weighted by molar-refractivity contribution is 5.83. The first kappa shape index (κ1) is 13.7. The molecular weight excluding hydrogens is 287 g/mol. The molecule has 0 saturated carbocycles. The minimum absolute atomic E-state index is 0.254. The Balaban J connectivity index is 2.08. The molecule has 3 aromatic carbocycles. The predicted molar refractivity (Wildman–Crippen MR) is 91.2 cm³/mol. The molecule has 1 heterocycles. The lowest BCUT2D eigenvalue weighted by molar-refractivity contribution is 0.627. The Morgan fingerprint density at radius 3 is 2.48 bits per heavy atom. The monoisotopic (exact) mass is 302 g/mol. The van der Waals surface area contributed by atoms with Crippen molar-refractivity contribution in [1.82, 2.24) is 9.55 Å². The fourth-order valence-electron chi connectivity index (χ4n) is 2.84. The first-order chi connectivity index (χ1) is 11.2. The zero-order chi connectivity index (χ0) is 15.8. The summed E-state index contributed by atoms with van der Waals surface area (Å²) in [6.07, 6.45) is 0. The molecule has 0 spiro atoms. The van der Waals surface area contributed by atoms with E-state index in [1.54, 1.807) is 6.07 Å². The second-order valence-electron chi connectivity index (χ2n) is 5.61. The molecule has 0 bridgehead atoms. The quantitative estimate of drug-likeness (QED) is 0.501. The van der Waals surface area contributed by atoms with Crippen LogP contribution in [0.2, 0.25) is 0 Å². The van der Waals surface area contributed by atoms with Crippen molar-refractivity contribution in [1.29, 1.82) is 0 Å². The average Bonchev–Trinajstić information content (AvgIpc) is 2.94. The molecule has 23 heavy (non-hydrogen) atoms. The van der Waals surface area contributed by atoms with Crippen LogP contribution in [-0.2, 0) is 0 Å². The van der Waals surface area contributed by atoms with Crippen molar-refractivity contribution in [2.24, 2.45) is 0 Å². The molecule has 0 aliphatic rings. The minimum Gasteiger partial charge on any atom is -0.292 e. The van der Waals surface area contributed by atoms with Crippen LogP contribution in [0.15, 0.2) is 72.8 Å². The Bertz CT molecular complexity index is 987. The molecule has 4 rings (SSSR count). The van der Waals surface area contributed by atoms with Gasteiger partial charge in [0, 0.05) is 5.56 Å². The van der Waals surface area contributed by atoms with Crippen LogP contribution in [0, 0.1) is 12.7 Å². The number of fused-ring (bicyclic) bond motifs is 1. The lowest BCUT2D eigenvalue weighted by Crippen LogP contribution is -1.98. The molecule has 112 valence electrons. The third-order valence-electron chi connectivity index (χ3n) is 3.91. The SMILES string of the molecule is Cc1ccc2nc(-c3ccccc3)n(-c3cccc(F)c3)c2c1. The maximum atomic E-state index is 13.7. The Kier molecular flexibility index (Phi) is 3.19. The summed E-state index contributed by atoms with van der Waals surface area (Å²) in [5, 5.41) is 0. The van der Waals surface area contributed by atoms with Crippen LogP contribution < -0.4 is 0 Å². The summed E-state index contributed by atoms with van der Waals surface area (Å²) in [7, 11) is 0. The van der Waals surface area contributed by atoms with Crippen molar-refractivity contribution in [2.45, 2.75) is 6.92 Å². The van der Waals surface area contributed by atoms with E-state index in [2.05, 4.69) is 6.07 Å². The van der Waals surface area contributed by atoms with Gasteiger partial charge in [0.05, 0.1) is 16.7 Å². The molecule has 0 saturated heterocycles. The Morgan fingerprint density at radius 1 is 0.870 bits per heavy atom. The number of hydrogen-bond donors (Lipinski definition) is 0. The number of rotatable bonds is 2. The van der Waals surface area contributed by atoms with Crippen LogP contribution in [0.4, 0.5) is 4.39 Å². The third kappa shape index (κ3) is 2.40. The van der Waals surface area contributed by atoms with Gasteiger partial charge in [0.15, 0.2) is 0 Å². The van der Waals surface area contributed by atoms with Gasteiger partial charge in [0.25, 0.3) is 0 Å². The highest BCUT2D eigenvalue weighted by atomic mass is 19.1. The molecule has 0 aliphatic carbocycles. The van der Waals surface area contributed by atoms with E-state index in [0.717, 1.165) is 33.7 Å². The second kappa shape index (κ2) is 5.36. The van der Waals surface area contributed by atoms with E-state index in [4.69, 9.17) is 4.98 Å². The third-order valence-corrected chi connectivity index (χ3v) is 3.91. The molecule has 0 unspecified atom stereocenters. The maximum absolute atomic E-state index is 13.7. The number of benzene rings is 3. The number of halogens is 1. The average molecular weight is 302 g/mol. The molecule has 1 aromatic heterocycles. The van der Waals surface area contributed by atoms with Gasteiger partial charge in [-0.25, -0.2) is 9.37 Å². The van der Waals surface area contributed by atoms with Gasteiger partial charge >= 0.3 is 0 Å². The first-order valence-electron chi connectivity index (χ1n) is 7.53. The van der Waals surface area contributed by atoms with Crippen LogP contribution in [-0.4, -0.2) is 9.55 Å². The predicted octanol–water partition coefficient (Wildman–Crippen LogP) is 5.14. The summed E-state index contributed by atoms with van der Waals surface area (Å²) in [5.74, 6) is 0.563. The summed E-state index contributed by atoms with van der Waals surface area (Å²) in [4.78, 5) is 4.77. The van der Waals surface area contributed by atoms with Gasteiger partial charge < -0.3 is 0 Å². The van der Waals surface area contributed by atoms with E-state index in [1.165, 1.54) is 12.1 Å². The van der Waals surface area contributed by atoms with Crippen LogP contribution in [0.1, 0.15) is 5.56 Å². The smallest absolute Gasteiger partial charge is 0.145 e. The van der Waals surface area contributed by atoms with E-state index in [9.17, 15) is 4.39 Å². The fraction of sp³-hybridized carbons (Fsp3) is 0.0500. The molecule has 3 heteroatoms. The number of nitrogens with zero attached hydrogens (tertiary/aromatic N) is 2. The largest absolute Gasteiger partial charge is 0.292 e. The van der Waals surface area contributed by atoms with Crippen LogP contribution in [0.3, 0.4) is 0 Å². The number of aromatic nitrogens is 2. The standard InChI is InChI=1S/C20H15FN2/c1-14-10-11-18-19(12-14)23(17-9-5-8-16(21)13-17)20(22-18)15-6-3-2-4-7-15/h2-13H,1H3. The summed E-state index contributed by atoms with van der Waals surface area (Å²) >= 11 is 0. The van der Waals surface area contributed by atoms with E-state index in [-0.39, 0.29) is 5.82 Å². The van der Waals surface area contributed by atoms with Crippen molar-refractivity contribution >= 4 is 11.0 Å². The lowest BCUT2D eigenvalue weighted by atomic mass is 10.2. The van der Waals surface area contributed by atoms with Gasteiger partial charge in [-0.15, -0.1) is 0 Å². The van der Waals surface area contributed by atoms with Crippen LogP contribution in [0.5, 0.6) is 0 Å². The van der Waals surface area contributed by atoms with Crippen molar-refractivity contribution in [3.05, 3.63) is 84.2 Å². The highest BCUT2D eigenvalue weighted by Gasteiger charge is 2.14. The van der Waals surface area contributed by atoms with Crippen molar-refractivity contribution in [3.63, 3.8) is 0 Å². The molecule has 0 aliphatic heterocycles. The molecule has 0 amide bonds.